The highest BCUT2D eigenvalue weighted by molar-refractivity contribution is 5.29. The van der Waals surface area contributed by atoms with Gasteiger partial charge in [0.25, 0.3) is 0 Å². The van der Waals surface area contributed by atoms with Crippen molar-refractivity contribution in [3.63, 3.8) is 0 Å². The van der Waals surface area contributed by atoms with Gasteiger partial charge < -0.3 is 0 Å². The first-order chi connectivity index (χ1) is 11.6. The summed E-state index contributed by atoms with van der Waals surface area (Å²) in [5.41, 5.74) is -1.94. The van der Waals surface area contributed by atoms with Crippen LogP contribution in [0.1, 0.15) is 59.3 Å². The van der Waals surface area contributed by atoms with E-state index in [1.54, 1.807) is 18.2 Å². The molecule has 6 heteroatoms. The van der Waals surface area contributed by atoms with Crippen LogP contribution in [0.15, 0.2) is 32.6 Å². The van der Waals surface area contributed by atoms with E-state index >= 15 is 0 Å². The summed E-state index contributed by atoms with van der Waals surface area (Å²) in [5, 5.41) is 0. The van der Waals surface area contributed by atoms with E-state index in [2.05, 4.69) is 0 Å². The second-order valence-electron chi connectivity index (χ2n) is 5.48. The topological polar surface area (TPSA) is 66.0 Å². The smallest absolute Gasteiger partial charge is 0.247 e. The summed E-state index contributed by atoms with van der Waals surface area (Å²) in [5.74, 6) is 0. The molecule has 0 N–H and O–H groups in total. The van der Waals surface area contributed by atoms with Gasteiger partial charge in [0.1, 0.15) is 0 Å². The molecule has 1 heterocycles. The fourth-order valence-corrected chi connectivity index (χ4v) is 2.02. The number of allylic oxidation sites excluding steroid dienone is 3. The molecule has 1 aromatic rings. The molecule has 0 spiro atoms. The Morgan fingerprint density at radius 3 is 1.04 bits per heavy atom. The van der Waals surface area contributed by atoms with Crippen molar-refractivity contribution in [2.45, 2.75) is 59.3 Å². The van der Waals surface area contributed by atoms with Crippen LogP contribution in [0.5, 0.6) is 0 Å². The first-order valence-corrected chi connectivity index (χ1v) is 8.57. The zero-order valence-corrected chi connectivity index (χ0v) is 14.8. The quantitative estimate of drug-likeness (QED) is 0.698. The SMILES string of the molecule is CCC/C=C/n1c(=O)n(/C=C/CCC)c(=O)n(/C=C/CCC)c1=O. The molecule has 0 fully saturated rings. The molecule has 0 saturated heterocycles. The van der Waals surface area contributed by atoms with Crippen molar-refractivity contribution in [1.82, 2.24) is 13.7 Å². The van der Waals surface area contributed by atoms with Crippen LogP contribution in [0.2, 0.25) is 0 Å². The minimum Gasteiger partial charge on any atom is -0.247 e. The summed E-state index contributed by atoms with van der Waals surface area (Å²) in [6, 6.07) is 0. The van der Waals surface area contributed by atoms with Gasteiger partial charge in [-0.1, -0.05) is 58.3 Å². The molecule has 0 aliphatic rings. The van der Waals surface area contributed by atoms with Gasteiger partial charge in [0.2, 0.25) is 0 Å². The Balaban J connectivity index is 3.56. The van der Waals surface area contributed by atoms with Crippen LogP contribution < -0.4 is 17.1 Å². The fraction of sp³-hybridized carbons (Fsp3) is 0.500. The van der Waals surface area contributed by atoms with Crippen molar-refractivity contribution >= 4 is 18.6 Å². The van der Waals surface area contributed by atoms with E-state index in [0.29, 0.717) is 0 Å². The Morgan fingerprint density at radius 1 is 0.583 bits per heavy atom. The van der Waals surface area contributed by atoms with E-state index in [1.807, 2.05) is 20.8 Å². The van der Waals surface area contributed by atoms with E-state index in [4.69, 9.17) is 0 Å². The number of hydrogen-bond acceptors (Lipinski definition) is 3. The van der Waals surface area contributed by atoms with Crippen LogP contribution in [0.3, 0.4) is 0 Å². The van der Waals surface area contributed by atoms with Crippen LogP contribution >= 0.6 is 0 Å². The van der Waals surface area contributed by atoms with Gasteiger partial charge in [-0.3, -0.25) is 0 Å². The normalized spacial score (nSPS) is 12.1. The van der Waals surface area contributed by atoms with Crippen LogP contribution in [0, 0.1) is 0 Å². The molecule has 0 bridgehead atoms. The molecule has 0 aliphatic heterocycles. The Bertz CT molecular complexity index is 641. The summed E-state index contributed by atoms with van der Waals surface area (Å²) >= 11 is 0. The van der Waals surface area contributed by atoms with Crippen molar-refractivity contribution in [2.24, 2.45) is 0 Å². The van der Waals surface area contributed by atoms with Crippen molar-refractivity contribution in [1.29, 1.82) is 0 Å². The van der Waals surface area contributed by atoms with Gasteiger partial charge in [-0.15, -0.1) is 0 Å². The highest BCUT2D eigenvalue weighted by atomic mass is 16.2. The van der Waals surface area contributed by atoms with E-state index in [9.17, 15) is 14.4 Å². The minimum atomic E-state index is -0.648. The Morgan fingerprint density at radius 2 is 0.833 bits per heavy atom. The molecular weight excluding hydrogens is 306 g/mol. The molecule has 0 saturated carbocycles. The predicted octanol–water partition coefficient (Wildman–Crippen LogP) is 2.98. The predicted molar refractivity (Wildman–Crippen MR) is 99.9 cm³/mol. The van der Waals surface area contributed by atoms with E-state index in [1.165, 1.54) is 18.6 Å². The lowest BCUT2D eigenvalue weighted by molar-refractivity contribution is 0.705. The number of unbranched alkanes of at least 4 members (excludes halogenated alkanes) is 3. The van der Waals surface area contributed by atoms with Gasteiger partial charge in [-0.2, -0.15) is 0 Å². The van der Waals surface area contributed by atoms with Crippen molar-refractivity contribution in [3.8, 4) is 0 Å². The highest BCUT2D eigenvalue weighted by Crippen LogP contribution is 1.92. The van der Waals surface area contributed by atoms with Gasteiger partial charge in [-0.05, 0) is 19.3 Å². The number of hydrogen-bond donors (Lipinski definition) is 0. The molecule has 0 atom stereocenters. The van der Waals surface area contributed by atoms with Gasteiger partial charge in [-0.25, -0.2) is 28.1 Å². The molecule has 1 aromatic heterocycles. The molecule has 24 heavy (non-hydrogen) atoms. The molecule has 0 amide bonds. The number of aromatic nitrogens is 3. The maximum atomic E-state index is 12.5. The minimum absolute atomic E-state index is 0.648. The Hall–Kier alpha value is -2.37. The molecule has 0 aromatic carbocycles. The Kier molecular flexibility index (Phi) is 8.54. The monoisotopic (exact) mass is 333 g/mol. The summed E-state index contributed by atoms with van der Waals surface area (Å²) in [4.78, 5) is 37.4. The molecule has 6 nitrogen and oxygen atoms in total. The maximum absolute atomic E-state index is 12.5. The van der Waals surface area contributed by atoms with Crippen LogP contribution in [-0.2, 0) is 0 Å². The summed E-state index contributed by atoms with van der Waals surface area (Å²) in [7, 11) is 0. The fourth-order valence-electron chi connectivity index (χ4n) is 2.02. The Labute approximate surface area is 142 Å². The lowest BCUT2D eigenvalue weighted by Gasteiger charge is -2.06. The summed E-state index contributed by atoms with van der Waals surface area (Å²) < 4.78 is 2.93. The summed E-state index contributed by atoms with van der Waals surface area (Å²) in [6.45, 7) is 6.02. The first-order valence-electron chi connectivity index (χ1n) is 8.57. The molecular formula is C18H27N3O3. The molecule has 0 radical (unpaired) electrons. The van der Waals surface area contributed by atoms with E-state index < -0.39 is 17.1 Å². The third-order valence-corrected chi connectivity index (χ3v) is 3.37. The standard InChI is InChI=1S/C18H27N3O3/c1-4-7-10-13-19-16(22)20(14-11-8-5-2)18(24)21(17(19)23)15-12-9-6-3/h10-15H,4-9H2,1-3H3/b13-10+,14-11+,15-12+. The second kappa shape index (κ2) is 10.4. The molecule has 0 unspecified atom stereocenters. The zero-order valence-electron chi connectivity index (χ0n) is 14.8. The van der Waals surface area contributed by atoms with Crippen molar-refractivity contribution in [3.05, 3.63) is 49.7 Å². The molecule has 0 aliphatic carbocycles. The van der Waals surface area contributed by atoms with Gasteiger partial charge in [0.15, 0.2) is 0 Å². The van der Waals surface area contributed by atoms with Crippen molar-refractivity contribution in [2.75, 3.05) is 0 Å². The highest BCUT2D eigenvalue weighted by Gasteiger charge is 2.10. The van der Waals surface area contributed by atoms with Crippen LogP contribution in [0.25, 0.3) is 18.6 Å². The van der Waals surface area contributed by atoms with E-state index in [0.717, 1.165) is 52.2 Å². The molecule has 1 rings (SSSR count). The van der Waals surface area contributed by atoms with E-state index in [-0.39, 0.29) is 0 Å². The third-order valence-electron chi connectivity index (χ3n) is 3.37. The lowest BCUT2D eigenvalue weighted by atomic mass is 10.3. The lowest BCUT2D eigenvalue weighted by Crippen LogP contribution is -2.50. The van der Waals surface area contributed by atoms with Crippen LogP contribution in [-0.4, -0.2) is 13.7 Å². The molecule has 132 valence electrons. The van der Waals surface area contributed by atoms with Crippen LogP contribution in [0.4, 0.5) is 0 Å². The maximum Gasteiger partial charge on any atom is 0.344 e. The van der Waals surface area contributed by atoms with Gasteiger partial charge in [0.05, 0.1) is 0 Å². The second-order valence-corrected chi connectivity index (χ2v) is 5.48. The third kappa shape index (κ3) is 5.08. The average molecular weight is 333 g/mol. The van der Waals surface area contributed by atoms with Gasteiger partial charge in [0, 0.05) is 18.6 Å². The first kappa shape index (κ1) is 19.7. The number of nitrogens with zero attached hydrogens (tertiary/aromatic N) is 3. The summed E-state index contributed by atoms with van der Waals surface area (Å²) in [6.07, 6.45) is 14.6. The largest absolute Gasteiger partial charge is 0.344 e. The number of rotatable bonds is 9. The van der Waals surface area contributed by atoms with Gasteiger partial charge >= 0.3 is 17.1 Å². The van der Waals surface area contributed by atoms with Crippen molar-refractivity contribution < 1.29 is 0 Å². The average Bonchev–Trinajstić information content (AvgIpc) is 2.57. The zero-order chi connectivity index (χ0) is 17.9.